The third-order valence-electron chi connectivity index (χ3n) is 3.19. The molecule has 0 aliphatic carbocycles. The van der Waals surface area contributed by atoms with Crippen LogP contribution in [-0.4, -0.2) is 25.1 Å². The molecule has 2 aromatic rings. The van der Waals surface area contributed by atoms with Crippen LogP contribution in [-0.2, 0) is 9.53 Å². The summed E-state index contributed by atoms with van der Waals surface area (Å²) in [5, 5.41) is 4.69. The van der Waals surface area contributed by atoms with Crippen molar-refractivity contribution in [3.8, 4) is 5.75 Å². The lowest BCUT2D eigenvalue weighted by molar-refractivity contribution is -0.115. The van der Waals surface area contributed by atoms with E-state index < -0.39 is 6.09 Å². The van der Waals surface area contributed by atoms with Crippen molar-refractivity contribution >= 4 is 40.5 Å². The van der Waals surface area contributed by atoms with Crippen LogP contribution in [0.2, 0.25) is 4.34 Å². The molecular formula is C22H32ClNO4S. The molecular weight excluding hydrogens is 410 g/mol. The van der Waals surface area contributed by atoms with Crippen LogP contribution in [0.3, 0.4) is 0 Å². The number of unbranched alkanes of at least 4 members (excludes halogenated alkanes) is 1. The SMILES string of the molecule is CC(C)=O.CCCCOc1cc(C)cc(C)c1NC(=O)OCC.Clc1cccs1. The number of ketones is 1. The highest BCUT2D eigenvalue weighted by Crippen LogP contribution is 2.30. The molecule has 2 rings (SSSR count). The van der Waals surface area contributed by atoms with Crippen LogP contribution in [0.1, 0.15) is 51.7 Å². The van der Waals surface area contributed by atoms with Gasteiger partial charge < -0.3 is 14.3 Å². The van der Waals surface area contributed by atoms with Gasteiger partial charge in [0.15, 0.2) is 0 Å². The second-order valence-electron chi connectivity index (χ2n) is 6.33. The van der Waals surface area contributed by atoms with Gasteiger partial charge in [-0.1, -0.05) is 31.0 Å². The molecule has 0 atom stereocenters. The Morgan fingerprint density at radius 3 is 2.28 bits per heavy atom. The van der Waals surface area contributed by atoms with Gasteiger partial charge in [-0.2, -0.15) is 0 Å². The van der Waals surface area contributed by atoms with Crippen LogP contribution in [0.15, 0.2) is 29.6 Å². The number of hydrogen-bond donors (Lipinski definition) is 1. The highest BCUT2D eigenvalue weighted by Gasteiger charge is 2.12. The van der Waals surface area contributed by atoms with E-state index in [1.54, 1.807) is 18.3 Å². The van der Waals surface area contributed by atoms with Crippen LogP contribution in [0.5, 0.6) is 5.75 Å². The number of ether oxygens (including phenoxy) is 2. The number of carbonyl (C=O) groups excluding carboxylic acids is 2. The zero-order valence-corrected chi connectivity index (χ0v) is 19.7. The number of hydrogen-bond acceptors (Lipinski definition) is 5. The van der Waals surface area contributed by atoms with Crippen molar-refractivity contribution in [2.75, 3.05) is 18.5 Å². The van der Waals surface area contributed by atoms with Crippen LogP contribution >= 0.6 is 22.9 Å². The van der Waals surface area contributed by atoms with Gasteiger partial charge in [0.25, 0.3) is 0 Å². The van der Waals surface area contributed by atoms with Gasteiger partial charge in [-0.25, -0.2) is 4.79 Å². The van der Waals surface area contributed by atoms with Gasteiger partial charge in [-0.15, -0.1) is 11.3 Å². The number of thiophene rings is 1. The Morgan fingerprint density at radius 2 is 1.83 bits per heavy atom. The van der Waals surface area contributed by atoms with E-state index in [4.69, 9.17) is 21.1 Å². The Bertz CT molecular complexity index is 729. The summed E-state index contributed by atoms with van der Waals surface area (Å²) in [4.78, 5) is 21.0. The summed E-state index contributed by atoms with van der Waals surface area (Å²) < 4.78 is 11.5. The molecule has 29 heavy (non-hydrogen) atoms. The van der Waals surface area contributed by atoms with Gasteiger partial charge in [0, 0.05) is 0 Å². The smallest absolute Gasteiger partial charge is 0.411 e. The number of aryl methyl sites for hydroxylation is 2. The molecule has 1 aromatic heterocycles. The molecule has 1 amide bonds. The van der Waals surface area contributed by atoms with Gasteiger partial charge in [0.05, 0.1) is 23.2 Å². The number of Topliss-reactive ketones (excluding diaryl/α,β-unsaturated/α-hetero) is 1. The first-order chi connectivity index (χ1) is 13.7. The second kappa shape index (κ2) is 15.8. The first-order valence-electron chi connectivity index (χ1n) is 9.55. The molecule has 0 unspecified atom stereocenters. The van der Waals surface area contributed by atoms with E-state index in [9.17, 15) is 9.59 Å². The van der Waals surface area contributed by atoms with E-state index >= 15 is 0 Å². The average molecular weight is 442 g/mol. The first-order valence-corrected chi connectivity index (χ1v) is 10.8. The second-order valence-corrected chi connectivity index (χ2v) is 7.91. The van der Waals surface area contributed by atoms with Gasteiger partial charge in [-0.3, -0.25) is 5.32 Å². The normalized spacial score (nSPS) is 9.34. The molecule has 0 fully saturated rings. The van der Waals surface area contributed by atoms with E-state index in [1.165, 1.54) is 13.8 Å². The Hall–Kier alpha value is -2.05. The van der Waals surface area contributed by atoms with Crippen LogP contribution < -0.4 is 10.1 Å². The van der Waals surface area contributed by atoms with E-state index in [2.05, 4.69) is 12.2 Å². The monoisotopic (exact) mass is 441 g/mol. The van der Waals surface area contributed by atoms with Crippen molar-refractivity contribution < 1.29 is 19.1 Å². The Kier molecular flexibility index (Phi) is 14.7. The molecule has 0 saturated heterocycles. The molecule has 162 valence electrons. The molecule has 1 heterocycles. The van der Waals surface area contributed by atoms with E-state index in [-0.39, 0.29) is 5.78 Å². The number of amides is 1. The van der Waals surface area contributed by atoms with Crippen molar-refractivity contribution in [2.24, 2.45) is 0 Å². The predicted octanol–water partition coefficient (Wildman–Crippen LogP) is 7.05. The lowest BCUT2D eigenvalue weighted by Crippen LogP contribution is -2.15. The summed E-state index contributed by atoms with van der Waals surface area (Å²) in [6.45, 7) is 11.9. The molecule has 7 heteroatoms. The standard InChI is InChI=1S/C15H23NO3.C4H3ClS.C3H6O/c1-5-7-8-19-13-10-11(3)9-12(4)14(13)16-15(17)18-6-2;5-4-2-1-3-6-4;1-3(2)4/h9-10H,5-8H2,1-4H3,(H,16,17);1-3H;1-2H3. The highest BCUT2D eigenvalue weighted by molar-refractivity contribution is 7.14. The summed E-state index contributed by atoms with van der Waals surface area (Å²) in [5.74, 6) is 0.874. The Morgan fingerprint density at radius 1 is 1.17 bits per heavy atom. The van der Waals surface area contributed by atoms with Crippen LogP contribution in [0, 0.1) is 13.8 Å². The topological polar surface area (TPSA) is 64.6 Å². The highest BCUT2D eigenvalue weighted by atomic mass is 35.5. The van der Waals surface area contributed by atoms with Gasteiger partial charge >= 0.3 is 6.09 Å². The first kappa shape index (κ1) is 27.0. The number of halogens is 1. The number of anilines is 1. The van der Waals surface area contributed by atoms with E-state index in [1.807, 2.05) is 43.5 Å². The minimum absolute atomic E-state index is 0.167. The van der Waals surface area contributed by atoms with Gasteiger partial charge in [-0.05, 0) is 75.7 Å². The molecule has 0 aliphatic rings. The number of carbonyl (C=O) groups is 2. The van der Waals surface area contributed by atoms with Gasteiger partial charge in [0.2, 0.25) is 0 Å². The quantitative estimate of drug-likeness (QED) is 0.488. The maximum Gasteiger partial charge on any atom is 0.411 e. The maximum atomic E-state index is 11.5. The summed E-state index contributed by atoms with van der Waals surface area (Å²) in [6, 6.07) is 7.73. The lowest BCUT2D eigenvalue weighted by atomic mass is 10.1. The van der Waals surface area contributed by atoms with Crippen molar-refractivity contribution in [1.29, 1.82) is 0 Å². The average Bonchev–Trinajstić information content (AvgIpc) is 3.09. The Balaban J connectivity index is 0.000000639. The van der Waals surface area contributed by atoms with Crippen LogP contribution in [0.25, 0.3) is 0 Å². The molecule has 1 N–H and O–H groups in total. The summed E-state index contributed by atoms with van der Waals surface area (Å²) in [7, 11) is 0. The fourth-order valence-electron chi connectivity index (χ4n) is 2.06. The van der Waals surface area contributed by atoms with Crippen LogP contribution in [0.4, 0.5) is 10.5 Å². The number of nitrogens with one attached hydrogen (secondary N) is 1. The fourth-order valence-corrected chi connectivity index (χ4v) is 2.73. The summed E-state index contributed by atoms with van der Waals surface area (Å²) in [6.07, 6.45) is 1.62. The maximum absolute atomic E-state index is 11.5. The molecule has 0 spiro atoms. The molecule has 0 radical (unpaired) electrons. The minimum atomic E-state index is -0.449. The molecule has 0 bridgehead atoms. The predicted molar refractivity (Wildman–Crippen MR) is 123 cm³/mol. The molecule has 1 aromatic carbocycles. The van der Waals surface area contributed by atoms with Crippen molar-refractivity contribution in [2.45, 2.75) is 54.4 Å². The van der Waals surface area contributed by atoms with Crippen molar-refractivity contribution in [1.82, 2.24) is 0 Å². The van der Waals surface area contributed by atoms with Gasteiger partial charge in [0.1, 0.15) is 11.5 Å². The van der Waals surface area contributed by atoms with Crippen molar-refractivity contribution in [3.05, 3.63) is 45.1 Å². The summed E-state index contributed by atoms with van der Waals surface area (Å²) >= 11 is 7.02. The zero-order valence-electron chi connectivity index (χ0n) is 18.1. The third-order valence-corrected chi connectivity index (χ3v) is 4.24. The van der Waals surface area contributed by atoms with E-state index in [0.717, 1.165) is 28.3 Å². The number of benzene rings is 1. The Labute approximate surface area is 183 Å². The van der Waals surface area contributed by atoms with Crippen molar-refractivity contribution in [3.63, 3.8) is 0 Å². The molecule has 0 aliphatic heterocycles. The molecule has 0 saturated carbocycles. The summed E-state index contributed by atoms with van der Waals surface area (Å²) in [5.41, 5.74) is 2.78. The fraction of sp³-hybridized carbons (Fsp3) is 0.455. The number of rotatable bonds is 6. The largest absolute Gasteiger partial charge is 0.491 e. The zero-order chi connectivity index (χ0) is 22.2. The minimum Gasteiger partial charge on any atom is -0.491 e. The third kappa shape index (κ3) is 13.7. The van der Waals surface area contributed by atoms with E-state index in [0.29, 0.717) is 24.7 Å². The lowest BCUT2D eigenvalue weighted by Gasteiger charge is -2.15. The molecule has 5 nitrogen and oxygen atoms in total.